The van der Waals surface area contributed by atoms with Gasteiger partial charge in [-0.1, -0.05) is 0 Å². The topological polar surface area (TPSA) is 127 Å². The first kappa shape index (κ1) is 28.6. The summed E-state index contributed by atoms with van der Waals surface area (Å²) in [6.07, 6.45) is -9.08. The number of aromatic nitrogens is 5. The molecule has 206 valence electrons. The summed E-state index contributed by atoms with van der Waals surface area (Å²) >= 11 is 0. The minimum Gasteiger partial charge on any atom is -0.478 e. The van der Waals surface area contributed by atoms with E-state index in [0.717, 1.165) is 6.07 Å². The van der Waals surface area contributed by atoms with E-state index in [1.54, 1.807) is 0 Å². The Bertz CT molecular complexity index is 1280. The molecule has 2 amide bonds. The van der Waals surface area contributed by atoms with E-state index in [4.69, 9.17) is 9.47 Å². The lowest BCUT2D eigenvalue weighted by molar-refractivity contribution is -0.141. The largest absolute Gasteiger partial charge is 0.478 e. The predicted molar refractivity (Wildman–Crippen MR) is 121 cm³/mol. The van der Waals surface area contributed by atoms with Crippen LogP contribution in [0.25, 0.3) is 11.3 Å². The summed E-state index contributed by atoms with van der Waals surface area (Å²) in [5.41, 5.74) is -2.20. The number of carbonyl (C=O) groups is 1. The highest BCUT2D eigenvalue weighted by Gasteiger charge is 2.39. The van der Waals surface area contributed by atoms with Crippen LogP contribution in [0.5, 0.6) is 5.88 Å². The summed E-state index contributed by atoms with van der Waals surface area (Å²) in [4.78, 5) is 15.7. The Labute approximate surface area is 212 Å². The smallest absolute Gasteiger partial charge is 0.435 e. The number of ether oxygens (including phenoxy) is 2. The quantitative estimate of drug-likeness (QED) is 0.263. The van der Waals surface area contributed by atoms with E-state index in [1.807, 2.05) is 0 Å². The number of hydrogen-bond acceptors (Lipinski definition) is 7. The zero-order valence-corrected chi connectivity index (χ0v) is 20.3. The number of alkyl halides is 6. The molecule has 0 saturated carbocycles. The van der Waals surface area contributed by atoms with Gasteiger partial charge >= 0.3 is 18.4 Å². The third-order valence-corrected chi connectivity index (χ3v) is 5.01. The van der Waals surface area contributed by atoms with Crippen LogP contribution in [0.4, 0.5) is 36.8 Å². The molecule has 0 radical (unpaired) electrons. The number of methoxy groups -OCH3 is 1. The summed E-state index contributed by atoms with van der Waals surface area (Å²) in [6.45, 7) is 3.10. The highest BCUT2D eigenvalue weighted by atomic mass is 19.4. The number of aryl methyl sites for hydroxylation is 2. The number of amides is 2. The first-order valence-corrected chi connectivity index (χ1v) is 11.0. The van der Waals surface area contributed by atoms with Crippen molar-refractivity contribution in [1.29, 1.82) is 0 Å². The molecule has 3 aromatic rings. The second kappa shape index (κ2) is 11.6. The van der Waals surface area contributed by atoms with Crippen molar-refractivity contribution < 1.29 is 40.6 Å². The zero-order chi connectivity index (χ0) is 28.1. The molecule has 0 aliphatic carbocycles. The lowest BCUT2D eigenvalue weighted by Crippen LogP contribution is -2.29. The van der Waals surface area contributed by atoms with Crippen LogP contribution in [0.15, 0.2) is 18.2 Å². The molecule has 0 aliphatic heterocycles. The molecule has 0 fully saturated rings. The van der Waals surface area contributed by atoms with E-state index in [2.05, 4.69) is 36.0 Å². The van der Waals surface area contributed by atoms with Gasteiger partial charge in [-0.05, 0) is 31.5 Å². The molecule has 16 heteroatoms. The van der Waals surface area contributed by atoms with E-state index < -0.39 is 29.8 Å². The lowest BCUT2D eigenvalue weighted by atomic mass is 10.0. The van der Waals surface area contributed by atoms with Gasteiger partial charge in [-0.3, -0.25) is 5.10 Å². The lowest BCUT2D eigenvalue weighted by Gasteiger charge is -2.13. The molecule has 38 heavy (non-hydrogen) atoms. The van der Waals surface area contributed by atoms with Gasteiger partial charge in [-0.25, -0.2) is 9.78 Å². The number of aromatic amines is 1. The summed E-state index contributed by atoms with van der Waals surface area (Å²) in [5.74, 6) is -0.337. The van der Waals surface area contributed by atoms with Gasteiger partial charge in [0.15, 0.2) is 11.4 Å². The van der Waals surface area contributed by atoms with E-state index in [0.29, 0.717) is 24.7 Å². The molecule has 0 atom stereocenters. The number of carbonyl (C=O) groups excluding carboxylic acids is 1. The average Bonchev–Trinajstić information content (AvgIpc) is 3.21. The third-order valence-electron chi connectivity index (χ3n) is 5.01. The fourth-order valence-corrected chi connectivity index (χ4v) is 3.32. The Morgan fingerprint density at radius 2 is 1.76 bits per heavy atom. The standard InChI is InChI=1S/C22H23F6N7O3/c1-11-7-14(33-34-18(11)17-12(2)32-35-19(17)22(26,27)28)10-29-20(36)30-13-8-15(21(23,24)25)31-16(9-13)38-6-4-5-37-3/h7-9H,4-6,10H2,1-3H3,(H,32,35)(H2,29,30,31,36). The highest BCUT2D eigenvalue weighted by Crippen LogP contribution is 2.37. The van der Waals surface area contributed by atoms with Crippen LogP contribution in [0.2, 0.25) is 0 Å². The molecule has 0 spiro atoms. The SMILES string of the molecule is COCCCOc1cc(NC(=O)NCc2cc(C)c(-c3c(C(F)(F)F)n[nH]c3C)nn2)cc(C(F)(F)F)n1. The van der Waals surface area contributed by atoms with Gasteiger partial charge in [0.05, 0.1) is 30.1 Å². The molecule has 0 saturated heterocycles. The van der Waals surface area contributed by atoms with Crippen LogP contribution in [0, 0.1) is 13.8 Å². The van der Waals surface area contributed by atoms with Gasteiger partial charge in [0, 0.05) is 37.6 Å². The van der Waals surface area contributed by atoms with Crippen LogP contribution in [-0.2, 0) is 23.6 Å². The average molecular weight is 547 g/mol. The Kier molecular flexibility index (Phi) is 8.75. The molecule has 3 heterocycles. The number of nitrogens with zero attached hydrogens (tertiary/aromatic N) is 4. The maximum absolute atomic E-state index is 13.3. The number of rotatable bonds is 9. The zero-order valence-electron chi connectivity index (χ0n) is 20.3. The van der Waals surface area contributed by atoms with Gasteiger partial charge in [-0.15, -0.1) is 5.10 Å². The molecular weight excluding hydrogens is 524 g/mol. The number of halogens is 6. The van der Waals surface area contributed by atoms with Crippen molar-refractivity contribution in [3.8, 4) is 17.1 Å². The molecular formula is C22H23F6N7O3. The number of urea groups is 1. The summed E-state index contributed by atoms with van der Waals surface area (Å²) in [5, 5.41) is 18.0. The molecule has 0 bridgehead atoms. The van der Waals surface area contributed by atoms with Crippen LogP contribution >= 0.6 is 0 Å². The predicted octanol–water partition coefficient (Wildman–Crippen LogP) is 4.65. The summed E-state index contributed by atoms with van der Waals surface area (Å²) < 4.78 is 89.7. The molecule has 3 aromatic heterocycles. The summed E-state index contributed by atoms with van der Waals surface area (Å²) in [7, 11) is 1.47. The molecule has 0 aromatic carbocycles. The fourth-order valence-electron chi connectivity index (χ4n) is 3.32. The fraction of sp³-hybridized carbons (Fsp3) is 0.409. The van der Waals surface area contributed by atoms with Crippen molar-refractivity contribution in [3.05, 3.63) is 46.5 Å². The maximum Gasteiger partial charge on any atom is 0.435 e. The van der Waals surface area contributed by atoms with Crippen molar-refractivity contribution in [2.24, 2.45) is 0 Å². The van der Waals surface area contributed by atoms with Crippen molar-refractivity contribution >= 4 is 11.7 Å². The van der Waals surface area contributed by atoms with Crippen LogP contribution in [0.3, 0.4) is 0 Å². The Balaban J connectivity index is 1.70. The Morgan fingerprint density at radius 3 is 2.39 bits per heavy atom. The van der Waals surface area contributed by atoms with E-state index in [9.17, 15) is 31.1 Å². The van der Waals surface area contributed by atoms with Crippen LogP contribution < -0.4 is 15.4 Å². The first-order chi connectivity index (χ1) is 17.8. The molecule has 10 nitrogen and oxygen atoms in total. The number of pyridine rings is 1. The maximum atomic E-state index is 13.3. The van der Waals surface area contributed by atoms with Crippen molar-refractivity contribution in [3.63, 3.8) is 0 Å². The second-order valence-corrected chi connectivity index (χ2v) is 8.02. The first-order valence-electron chi connectivity index (χ1n) is 11.0. The van der Waals surface area contributed by atoms with E-state index >= 15 is 0 Å². The van der Waals surface area contributed by atoms with Gasteiger partial charge in [-0.2, -0.15) is 36.5 Å². The van der Waals surface area contributed by atoms with Crippen LogP contribution in [-0.4, -0.2) is 51.7 Å². The highest BCUT2D eigenvalue weighted by molar-refractivity contribution is 5.89. The molecule has 3 N–H and O–H groups in total. The second-order valence-electron chi connectivity index (χ2n) is 8.02. The molecule has 0 unspecified atom stereocenters. The van der Waals surface area contributed by atoms with Gasteiger partial charge in [0.1, 0.15) is 0 Å². The third kappa shape index (κ3) is 7.30. The van der Waals surface area contributed by atoms with E-state index in [-0.39, 0.29) is 47.4 Å². The van der Waals surface area contributed by atoms with Crippen molar-refractivity contribution in [2.45, 2.75) is 39.2 Å². The van der Waals surface area contributed by atoms with E-state index in [1.165, 1.54) is 27.0 Å². The van der Waals surface area contributed by atoms with Gasteiger partial charge < -0.3 is 20.1 Å². The number of anilines is 1. The van der Waals surface area contributed by atoms with Crippen molar-refractivity contribution in [2.75, 3.05) is 25.6 Å². The summed E-state index contributed by atoms with van der Waals surface area (Å²) in [6, 6.07) is 2.33. The minimum absolute atomic E-state index is 0.0359. The monoisotopic (exact) mass is 547 g/mol. The molecule has 0 aliphatic rings. The van der Waals surface area contributed by atoms with Gasteiger partial charge in [0.2, 0.25) is 5.88 Å². The minimum atomic E-state index is -4.78. The number of H-pyrrole nitrogens is 1. The number of hydrogen-bond donors (Lipinski definition) is 3. The van der Waals surface area contributed by atoms with Gasteiger partial charge in [0.25, 0.3) is 0 Å². The normalized spacial score (nSPS) is 11.9. The Morgan fingerprint density at radius 1 is 1.03 bits per heavy atom. The number of nitrogens with one attached hydrogen (secondary N) is 3. The Hall–Kier alpha value is -3.95. The molecule has 3 rings (SSSR count). The van der Waals surface area contributed by atoms with Crippen LogP contribution in [0.1, 0.15) is 34.8 Å². The van der Waals surface area contributed by atoms with Crippen molar-refractivity contribution in [1.82, 2.24) is 30.7 Å².